The first-order valence-corrected chi connectivity index (χ1v) is 6.50. The number of anilines is 1. The summed E-state index contributed by atoms with van der Waals surface area (Å²) in [4.78, 5) is 10.5. The van der Waals surface area contributed by atoms with E-state index < -0.39 is 0 Å². The number of halogens is 1. The maximum Gasteiger partial charge on any atom is 0.138 e. The largest absolute Gasteiger partial charge is 0.353 e. The first-order valence-electron chi connectivity index (χ1n) is 6.13. The molecule has 0 amide bonds. The Kier molecular flexibility index (Phi) is 5.36. The van der Waals surface area contributed by atoms with E-state index in [2.05, 4.69) is 48.6 Å². The molecule has 0 spiro atoms. The zero-order valence-corrected chi connectivity index (χ0v) is 12.1. The van der Waals surface area contributed by atoms with Gasteiger partial charge in [-0.05, 0) is 19.8 Å². The van der Waals surface area contributed by atoms with Gasteiger partial charge in [0.2, 0.25) is 0 Å². The summed E-state index contributed by atoms with van der Waals surface area (Å²) in [5.41, 5.74) is 0.950. The lowest BCUT2D eigenvalue weighted by Crippen LogP contribution is -2.33. The lowest BCUT2D eigenvalue weighted by Gasteiger charge is -2.29. The van der Waals surface area contributed by atoms with Gasteiger partial charge < -0.3 is 4.90 Å². The van der Waals surface area contributed by atoms with Crippen LogP contribution in [-0.2, 0) is 0 Å². The fraction of sp³-hybridized carbons (Fsp3) is 0.615. The summed E-state index contributed by atoms with van der Waals surface area (Å²) >= 11 is 6.16. The van der Waals surface area contributed by atoms with Gasteiger partial charge in [0.05, 0.1) is 12.5 Å². The molecule has 0 aliphatic heterocycles. The smallest absolute Gasteiger partial charge is 0.138 e. The maximum absolute atomic E-state index is 8.74. The van der Waals surface area contributed by atoms with Gasteiger partial charge in [0.25, 0.3) is 0 Å². The predicted molar refractivity (Wildman–Crippen MR) is 73.8 cm³/mol. The zero-order valence-electron chi connectivity index (χ0n) is 11.3. The van der Waals surface area contributed by atoms with E-state index in [1.807, 2.05) is 0 Å². The van der Waals surface area contributed by atoms with Crippen molar-refractivity contribution in [3.8, 4) is 6.07 Å². The van der Waals surface area contributed by atoms with Crippen molar-refractivity contribution < 1.29 is 0 Å². The molecule has 0 aliphatic rings. The Bertz CT molecular complexity index is 437. The molecule has 0 saturated heterocycles. The van der Waals surface area contributed by atoms with E-state index in [4.69, 9.17) is 16.9 Å². The molecule has 0 aliphatic carbocycles. The number of aromatic nitrogens is 2. The molecule has 1 aromatic rings. The van der Waals surface area contributed by atoms with E-state index in [1.165, 1.54) is 6.33 Å². The molecule has 0 radical (unpaired) electrons. The molecular formula is C13H19ClN4. The van der Waals surface area contributed by atoms with Crippen LogP contribution in [0, 0.1) is 11.3 Å². The minimum Gasteiger partial charge on any atom is -0.353 e. The monoisotopic (exact) mass is 266 g/mol. The van der Waals surface area contributed by atoms with Crippen molar-refractivity contribution in [2.24, 2.45) is 0 Å². The Morgan fingerprint density at radius 1 is 1.33 bits per heavy atom. The van der Waals surface area contributed by atoms with Crippen LogP contribution >= 0.6 is 11.6 Å². The van der Waals surface area contributed by atoms with Gasteiger partial charge in [0, 0.05) is 18.2 Å². The molecule has 18 heavy (non-hydrogen) atoms. The highest BCUT2D eigenvalue weighted by molar-refractivity contribution is 6.30. The standard InChI is InChI=1S/C13H19ClN4/c1-9(2)11-12(14)16-8-17-13(11)18(10(3)4)7-5-6-15/h8-10H,5,7H2,1-4H3. The summed E-state index contributed by atoms with van der Waals surface area (Å²) in [6.45, 7) is 8.95. The summed E-state index contributed by atoms with van der Waals surface area (Å²) in [7, 11) is 0. The molecule has 0 unspecified atom stereocenters. The van der Waals surface area contributed by atoms with Gasteiger partial charge in [-0.2, -0.15) is 5.26 Å². The molecule has 0 atom stereocenters. The molecule has 1 aromatic heterocycles. The Labute approximate surface area is 114 Å². The van der Waals surface area contributed by atoms with Crippen LogP contribution in [0.1, 0.15) is 45.6 Å². The van der Waals surface area contributed by atoms with E-state index >= 15 is 0 Å². The van der Waals surface area contributed by atoms with Crippen molar-refractivity contribution in [3.63, 3.8) is 0 Å². The van der Waals surface area contributed by atoms with Gasteiger partial charge in [-0.1, -0.05) is 25.4 Å². The van der Waals surface area contributed by atoms with Crippen LogP contribution in [0.25, 0.3) is 0 Å². The zero-order chi connectivity index (χ0) is 13.7. The van der Waals surface area contributed by atoms with E-state index in [9.17, 15) is 0 Å². The Balaban J connectivity index is 3.19. The molecule has 0 fully saturated rings. The number of nitrogens with zero attached hydrogens (tertiary/aromatic N) is 4. The Hall–Kier alpha value is -1.34. The first kappa shape index (κ1) is 14.7. The third kappa shape index (κ3) is 3.33. The third-order valence-electron chi connectivity index (χ3n) is 2.75. The number of hydrogen-bond acceptors (Lipinski definition) is 4. The highest BCUT2D eigenvalue weighted by atomic mass is 35.5. The molecular weight excluding hydrogens is 248 g/mol. The molecule has 98 valence electrons. The van der Waals surface area contributed by atoms with E-state index in [0.29, 0.717) is 18.1 Å². The molecule has 5 heteroatoms. The third-order valence-corrected chi connectivity index (χ3v) is 3.05. The predicted octanol–water partition coefficient (Wildman–Crippen LogP) is 3.38. The molecule has 1 rings (SSSR count). The average molecular weight is 267 g/mol. The van der Waals surface area contributed by atoms with Gasteiger partial charge in [0.15, 0.2) is 0 Å². The van der Waals surface area contributed by atoms with E-state index in [-0.39, 0.29) is 12.0 Å². The first-order chi connectivity index (χ1) is 8.49. The van der Waals surface area contributed by atoms with Crippen molar-refractivity contribution in [1.29, 1.82) is 5.26 Å². The molecule has 1 heterocycles. The molecule has 4 nitrogen and oxygen atoms in total. The van der Waals surface area contributed by atoms with Crippen LogP contribution in [0.15, 0.2) is 6.33 Å². The summed E-state index contributed by atoms with van der Waals surface area (Å²) in [6.07, 6.45) is 1.95. The van der Waals surface area contributed by atoms with Crippen LogP contribution < -0.4 is 4.90 Å². The fourth-order valence-corrected chi connectivity index (χ4v) is 2.22. The number of nitriles is 1. The SMILES string of the molecule is CC(C)c1c(Cl)ncnc1N(CCC#N)C(C)C. The quantitative estimate of drug-likeness (QED) is 0.767. The van der Waals surface area contributed by atoms with Crippen molar-refractivity contribution in [2.45, 2.75) is 46.1 Å². The molecule has 0 aromatic carbocycles. The second-order valence-electron chi connectivity index (χ2n) is 4.75. The van der Waals surface area contributed by atoms with E-state index in [1.54, 1.807) is 0 Å². The number of hydrogen-bond donors (Lipinski definition) is 0. The van der Waals surface area contributed by atoms with Gasteiger partial charge in [0.1, 0.15) is 17.3 Å². The van der Waals surface area contributed by atoms with Crippen molar-refractivity contribution >= 4 is 17.4 Å². The van der Waals surface area contributed by atoms with Gasteiger partial charge >= 0.3 is 0 Å². The second kappa shape index (κ2) is 6.55. The fourth-order valence-electron chi connectivity index (χ4n) is 1.87. The van der Waals surface area contributed by atoms with Gasteiger partial charge in [-0.15, -0.1) is 0 Å². The highest BCUT2D eigenvalue weighted by Crippen LogP contribution is 2.31. The Morgan fingerprint density at radius 2 is 2.00 bits per heavy atom. The van der Waals surface area contributed by atoms with Gasteiger partial charge in [-0.25, -0.2) is 9.97 Å². The summed E-state index contributed by atoms with van der Waals surface area (Å²) in [5.74, 6) is 1.09. The van der Waals surface area contributed by atoms with Crippen LogP contribution in [-0.4, -0.2) is 22.6 Å². The number of rotatable bonds is 5. The van der Waals surface area contributed by atoms with Crippen LogP contribution in [0.2, 0.25) is 5.15 Å². The minimum atomic E-state index is 0.247. The van der Waals surface area contributed by atoms with Crippen molar-refractivity contribution in [1.82, 2.24) is 9.97 Å². The maximum atomic E-state index is 8.74. The average Bonchev–Trinajstić information content (AvgIpc) is 2.28. The lowest BCUT2D eigenvalue weighted by molar-refractivity contribution is 0.665. The Morgan fingerprint density at radius 3 is 2.50 bits per heavy atom. The summed E-state index contributed by atoms with van der Waals surface area (Å²) in [5, 5.41) is 9.24. The molecule has 0 N–H and O–H groups in total. The second-order valence-corrected chi connectivity index (χ2v) is 5.11. The van der Waals surface area contributed by atoms with E-state index in [0.717, 1.165) is 11.4 Å². The summed E-state index contributed by atoms with van der Waals surface area (Å²) in [6, 6.07) is 2.43. The van der Waals surface area contributed by atoms with Gasteiger partial charge in [-0.3, -0.25) is 0 Å². The van der Waals surface area contributed by atoms with Crippen LogP contribution in [0.3, 0.4) is 0 Å². The molecule has 0 saturated carbocycles. The molecule has 0 bridgehead atoms. The van der Waals surface area contributed by atoms with Crippen LogP contribution in [0.4, 0.5) is 5.82 Å². The van der Waals surface area contributed by atoms with Crippen molar-refractivity contribution in [2.75, 3.05) is 11.4 Å². The minimum absolute atomic E-state index is 0.247. The topological polar surface area (TPSA) is 52.8 Å². The highest BCUT2D eigenvalue weighted by Gasteiger charge is 2.20. The van der Waals surface area contributed by atoms with Crippen LogP contribution in [0.5, 0.6) is 0 Å². The lowest BCUT2D eigenvalue weighted by atomic mass is 10.0. The normalized spacial score (nSPS) is 10.8. The van der Waals surface area contributed by atoms with Crippen molar-refractivity contribution in [3.05, 3.63) is 17.0 Å². The summed E-state index contributed by atoms with van der Waals surface area (Å²) < 4.78 is 0.